The molecule has 0 aromatic heterocycles. The Labute approximate surface area is 106 Å². The molecule has 3 atom stereocenters. The third-order valence-corrected chi connectivity index (χ3v) is 4.27. The fourth-order valence-corrected chi connectivity index (χ4v) is 3.25. The van der Waals surface area contributed by atoms with Gasteiger partial charge in [-0.25, -0.2) is 0 Å². The summed E-state index contributed by atoms with van der Waals surface area (Å²) in [5.74, 6) is 1.66. The fraction of sp³-hybridized carbons (Fsp3) is 0.867. The van der Waals surface area contributed by atoms with Crippen molar-refractivity contribution < 1.29 is 4.74 Å². The van der Waals surface area contributed by atoms with Crippen molar-refractivity contribution >= 4 is 0 Å². The zero-order chi connectivity index (χ0) is 12.3. The lowest BCUT2D eigenvalue weighted by molar-refractivity contribution is -0.0258. The van der Waals surface area contributed by atoms with E-state index in [0.29, 0.717) is 6.10 Å². The van der Waals surface area contributed by atoms with Crippen molar-refractivity contribution in [2.75, 3.05) is 27.2 Å². The first kappa shape index (κ1) is 13.1. The van der Waals surface area contributed by atoms with Crippen LogP contribution in [0.25, 0.3) is 0 Å². The van der Waals surface area contributed by atoms with Crippen LogP contribution in [0.5, 0.6) is 0 Å². The summed E-state index contributed by atoms with van der Waals surface area (Å²) in [6.45, 7) is 4.22. The normalized spacial score (nSPS) is 32.7. The van der Waals surface area contributed by atoms with Gasteiger partial charge in [0.1, 0.15) is 0 Å². The Balaban J connectivity index is 1.83. The third-order valence-electron chi connectivity index (χ3n) is 4.27. The Hall–Kier alpha value is -0.340. The molecule has 3 unspecified atom stereocenters. The predicted molar refractivity (Wildman–Crippen MR) is 72.1 cm³/mol. The van der Waals surface area contributed by atoms with Crippen LogP contribution < -0.4 is 0 Å². The molecule has 0 amide bonds. The van der Waals surface area contributed by atoms with Gasteiger partial charge in [-0.3, -0.25) is 0 Å². The van der Waals surface area contributed by atoms with E-state index in [-0.39, 0.29) is 0 Å². The van der Waals surface area contributed by atoms with Crippen molar-refractivity contribution in [1.82, 2.24) is 4.90 Å². The second kappa shape index (κ2) is 6.01. The van der Waals surface area contributed by atoms with Crippen LogP contribution in [-0.2, 0) is 4.74 Å². The number of nitrogens with zero attached hydrogens (tertiary/aromatic N) is 1. The second-order valence-electron chi connectivity index (χ2n) is 5.93. The molecule has 2 aliphatic rings. The Morgan fingerprint density at radius 2 is 2.18 bits per heavy atom. The van der Waals surface area contributed by atoms with E-state index >= 15 is 0 Å². The standard InChI is InChI=1S/C15H27NO/c1-4-12-9-13-5-6-15(14(10-12)11-13)17-8-7-16(2)3/h9,13-15H,4-8,10-11H2,1-3H3. The van der Waals surface area contributed by atoms with E-state index in [2.05, 4.69) is 32.0 Å². The van der Waals surface area contributed by atoms with Crippen LogP contribution in [0.1, 0.15) is 39.0 Å². The molecule has 0 aromatic carbocycles. The van der Waals surface area contributed by atoms with Gasteiger partial charge >= 0.3 is 0 Å². The van der Waals surface area contributed by atoms with Crippen LogP contribution in [0.2, 0.25) is 0 Å². The third kappa shape index (κ3) is 3.56. The van der Waals surface area contributed by atoms with Gasteiger partial charge in [-0.2, -0.15) is 0 Å². The molecule has 2 heteroatoms. The molecule has 0 aliphatic heterocycles. The molecular formula is C15H27NO. The predicted octanol–water partition coefficient (Wildman–Crippen LogP) is 3.09. The molecule has 17 heavy (non-hydrogen) atoms. The number of likely N-dealkylation sites (N-methyl/N-ethyl adjacent to an activating group) is 1. The lowest BCUT2D eigenvalue weighted by Crippen LogP contribution is -2.35. The van der Waals surface area contributed by atoms with Crippen molar-refractivity contribution in [1.29, 1.82) is 0 Å². The number of ether oxygens (including phenoxy) is 1. The summed E-state index contributed by atoms with van der Waals surface area (Å²) in [4.78, 5) is 2.20. The summed E-state index contributed by atoms with van der Waals surface area (Å²) in [5.41, 5.74) is 1.67. The number of hydrogen-bond donors (Lipinski definition) is 0. The molecular weight excluding hydrogens is 210 g/mol. The molecule has 0 aromatic rings. The molecule has 0 saturated heterocycles. The van der Waals surface area contributed by atoms with Crippen LogP contribution in [-0.4, -0.2) is 38.3 Å². The SMILES string of the molecule is CCC1=CC2CCC(OCCN(C)C)C(C1)C2. The first-order valence-corrected chi connectivity index (χ1v) is 7.15. The Morgan fingerprint density at radius 1 is 1.35 bits per heavy atom. The van der Waals surface area contributed by atoms with Gasteiger partial charge < -0.3 is 9.64 Å². The van der Waals surface area contributed by atoms with E-state index in [4.69, 9.17) is 4.74 Å². The Bertz CT molecular complexity index is 272. The van der Waals surface area contributed by atoms with Gasteiger partial charge in [0, 0.05) is 6.54 Å². The number of fused-ring (bicyclic) bond motifs is 2. The van der Waals surface area contributed by atoms with E-state index in [1.54, 1.807) is 5.57 Å². The minimum absolute atomic E-state index is 0.529. The van der Waals surface area contributed by atoms with Gasteiger partial charge in [0.15, 0.2) is 0 Å². The quantitative estimate of drug-likeness (QED) is 0.681. The van der Waals surface area contributed by atoms with Crippen LogP contribution in [0.15, 0.2) is 11.6 Å². The first-order chi connectivity index (χ1) is 8.19. The maximum absolute atomic E-state index is 6.10. The molecule has 0 N–H and O–H groups in total. The smallest absolute Gasteiger partial charge is 0.0607 e. The summed E-state index contributed by atoms with van der Waals surface area (Å²) in [6, 6.07) is 0. The largest absolute Gasteiger partial charge is 0.377 e. The number of rotatable bonds is 5. The van der Waals surface area contributed by atoms with Gasteiger partial charge in [-0.1, -0.05) is 18.6 Å². The molecule has 0 heterocycles. The summed E-state index contributed by atoms with van der Waals surface area (Å²) in [7, 11) is 4.22. The lowest BCUT2D eigenvalue weighted by Gasteiger charge is -2.39. The lowest BCUT2D eigenvalue weighted by atomic mass is 9.71. The summed E-state index contributed by atoms with van der Waals surface area (Å²) in [6.07, 6.45) is 9.59. The molecule has 2 bridgehead atoms. The summed E-state index contributed by atoms with van der Waals surface area (Å²) < 4.78 is 6.10. The molecule has 2 rings (SSSR count). The molecule has 2 nitrogen and oxygen atoms in total. The number of hydrogen-bond acceptors (Lipinski definition) is 2. The highest BCUT2D eigenvalue weighted by atomic mass is 16.5. The van der Waals surface area contributed by atoms with E-state index in [1.807, 2.05) is 0 Å². The van der Waals surface area contributed by atoms with E-state index in [1.165, 1.54) is 32.1 Å². The highest BCUT2D eigenvalue weighted by Gasteiger charge is 2.33. The van der Waals surface area contributed by atoms with E-state index in [0.717, 1.165) is 25.0 Å². The Morgan fingerprint density at radius 3 is 2.88 bits per heavy atom. The monoisotopic (exact) mass is 237 g/mol. The first-order valence-electron chi connectivity index (χ1n) is 7.15. The van der Waals surface area contributed by atoms with Crippen LogP contribution in [0, 0.1) is 11.8 Å². The molecule has 1 saturated carbocycles. The second-order valence-corrected chi connectivity index (χ2v) is 5.93. The summed E-state index contributed by atoms with van der Waals surface area (Å²) in [5, 5.41) is 0. The van der Waals surface area contributed by atoms with Gasteiger partial charge in [0.05, 0.1) is 12.7 Å². The van der Waals surface area contributed by atoms with Gasteiger partial charge in [0.25, 0.3) is 0 Å². The molecule has 0 spiro atoms. The van der Waals surface area contributed by atoms with Crippen molar-refractivity contribution in [3.8, 4) is 0 Å². The highest BCUT2D eigenvalue weighted by Crippen LogP contribution is 2.40. The molecule has 2 aliphatic carbocycles. The van der Waals surface area contributed by atoms with E-state index in [9.17, 15) is 0 Å². The number of allylic oxidation sites excluding steroid dienone is 2. The van der Waals surface area contributed by atoms with Crippen LogP contribution in [0.4, 0.5) is 0 Å². The zero-order valence-corrected chi connectivity index (χ0v) is 11.6. The van der Waals surface area contributed by atoms with Gasteiger partial charge in [-0.15, -0.1) is 0 Å². The minimum Gasteiger partial charge on any atom is -0.377 e. The van der Waals surface area contributed by atoms with E-state index < -0.39 is 0 Å². The van der Waals surface area contributed by atoms with Crippen molar-refractivity contribution in [3.05, 3.63) is 11.6 Å². The topological polar surface area (TPSA) is 12.5 Å². The van der Waals surface area contributed by atoms with Gasteiger partial charge in [-0.05, 0) is 58.0 Å². The summed E-state index contributed by atoms with van der Waals surface area (Å²) >= 11 is 0. The molecule has 98 valence electrons. The maximum Gasteiger partial charge on any atom is 0.0607 e. The van der Waals surface area contributed by atoms with Crippen LogP contribution in [0.3, 0.4) is 0 Å². The fourth-order valence-electron chi connectivity index (χ4n) is 3.25. The van der Waals surface area contributed by atoms with Crippen molar-refractivity contribution in [2.45, 2.75) is 45.1 Å². The van der Waals surface area contributed by atoms with Crippen molar-refractivity contribution in [3.63, 3.8) is 0 Å². The molecule has 1 fully saturated rings. The highest BCUT2D eigenvalue weighted by molar-refractivity contribution is 5.12. The average molecular weight is 237 g/mol. The molecule has 0 radical (unpaired) electrons. The van der Waals surface area contributed by atoms with Crippen molar-refractivity contribution in [2.24, 2.45) is 11.8 Å². The Kier molecular flexibility index (Phi) is 4.63. The average Bonchev–Trinajstić information content (AvgIpc) is 2.31. The van der Waals surface area contributed by atoms with Gasteiger partial charge in [0.2, 0.25) is 0 Å². The van der Waals surface area contributed by atoms with Crippen LogP contribution >= 0.6 is 0 Å². The minimum atomic E-state index is 0.529. The zero-order valence-electron chi connectivity index (χ0n) is 11.6. The maximum atomic E-state index is 6.10.